The zero-order valence-corrected chi connectivity index (χ0v) is 21.9. The molecule has 0 aliphatic carbocycles. The predicted octanol–water partition coefficient (Wildman–Crippen LogP) is 4.31. The van der Waals surface area contributed by atoms with E-state index in [0.29, 0.717) is 30.7 Å². The molecule has 0 radical (unpaired) electrons. The molecule has 0 aliphatic rings. The third-order valence-electron chi connectivity index (χ3n) is 6.26. The number of amides is 1. The number of hydrogen-bond acceptors (Lipinski definition) is 5. The fourth-order valence-corrected chi connectivity index (χ4v) is 4.44. The summed E-state index contributed by atoms with van der Waals surface area (Å²) in [6.07, 6.45) is 9.30. The highest BCUT2D eigenvalue weighted by atomic mass is 16.2. The Morgan fingerprint density at radius 1 is 0.829 bits per heavy atom. The zero-order valence-electron chi connectivity index (χ0n) is 21.9. The van der Waals surface area contributed by atoms with E-state index >= 15 is 0 Å². The number of aromatic amines is 2. The van der Waals surface area contributed by atoms with E-state index in [1.54, 1.807) is 29.7 Å². The van der Waals surface area contributed by atoms with E-state index in [0.717, 1.165) is 31.3 Å². The summed E-state index contributed by atoms with van der Waals surface area (Å²) in [4.78, 5) is 34.6. The minimum absolute atomic E-state index is 0.0439. The van der Waals surface area contributed by atoms with E-state index in [-0.39, 0.29) is 5.91 Å². The van der Waals surface area contributed by atoms with Crippen molar-refractivity contribution in [3.8, 4) is 0 Å². The third-order valence-corrected chi connectivity index (χ3v) is 6.26. The van der Waals surface area contributed by atoms with Gasteiger partial charge in [-0.25, -0.2) is 9.97 Å². The van der Waals surface area contributed by atoms with Crippen LogP contribution in [0.2, 0.25) is 0 Å². The number of nitrogens with one attached hydrogen (secondary N) is 2. The Kier molecular flexibility index (Phi) is 10.0. The Hall–Kier alpha value is -2.97. The van der Waals surface area contributed by atoms with Crippen molar-refractivity contribution in [2.24, 2.45) is 0 Å². The smallest absolute Gasteiger partial charge is 0.254 e. The van der Waals surface area contributed by atoms with Crippen LogP contribution in [0.5, 0.6) is 0 Å². The van der Waals surface area contributed by atoms with Gasteiger partial charge >= 0.3 is 0 Å². The van der Waals surface area contributed by atoms with Crippen molar-refractivity contribution in [1.29, 1.82) is 0 Å². The van der Waals surface area contributed by atoms with Gasteiger partial charge in [0.15, 0.2) is 0 Å². The minimum atomic E-state index is -0.0439. The Labute approximate surface area is 209 Å². The standard InChI is InChI=1S/C27H41N7O/c1-21(2)34(22(3)4)17-7-6-16-32(5)18-23-8-10-24(11-9-23)27(35)33(19-25-28-12-13-29-25)20-26-30-14-15-31-26/h8-15,21-22H,6-7,16-20H2,1-5H3,(H,28,29)(H,30,31). The Morgan fingerprint density at radius 2 is 1.37 bits per heavy atom. The average Bonchev–Trinajstić information content (AvgIpc) is 3.52. The largest absolute Gasteiger partial charge is 0.347 e. The SMILES string of the molecule is CC(C)N(CCCCN(C)Cc1ccc(C(=O)N(Cc2ncc[nH]2)Cc2ncc[nH]2)cc1)C(C)C. The van der Waals surface area contributed by atoms with Crippen LogP contribution in [0.15, 0.2) is 49.1 Å². The number of unbranched alkanes of at least 4 members (excludes halogenated alkanes) is 1. The maximum Gasteiger partial charge on any atom is 0.254 e. The molecule has 2 N–H and O–H groups in total. The summed E-state index contributed by atoms with van der Waals surface area (Å²) in [7, 11) is 2.16. The van der Waals surface area contributed by atoms with Gasteiger partial charge in [0.2, 0.25) is 0 Å². The van der Waals surface area contributed by atoms with Crippen molar-refractivity contribution in [2.45, 2.75) is 72.3 Å². The first-order valence-corrected chi connectivity index (χ1v) is 12.6. The van der Waals surface area contributed by atoms with E-state index in [4.69, 9.17) is 0 Å². The average molecular weight is 480 g/mol. The topological polar surface area (TPSA) is 84.2 Å². The van der Waals surface area contributed by atoms with E-state index < -0.39 is 0 Å². The molecule has 0 aliphatic heterocycles. The van der Waals surface area contributed by atoms with Crippen molar-refractivity contribution >= 4 is 5.91 Å². The number of carbonyl (C=O) groups excluding carboxylic acids is 1. The molecule has 2 heterocycles. The quantitative estimate of drug-likeness (QED) is 0.337. The highest BCUT2D eigenvalue weighted by molar-refractivity contribution is 5.94. The molecule has 0 atom stereocenters. The van der Waals surface area contributed by atoms with Crippen LogP contribution in [0.1, 0.15) is 68.1 Å². The summed E-state index contributed by atoms with van der Waals surface area (Å²) in [5.41, 5.74) is 1.87. The van der Waals surface area contributed by atoms with Gasteiger partial charge in [-0.05, 0) is 78.4 Å². The van der Waals surface area contributed by atoms with Crippen LogP contribution >= 0.6 is 0 Å². The third kappa shape index (κ3) is 8.33. The van der Waals surface area contributed by atoms with Gasteiger partial charge in [-0.1, -0.05) is 12.1 Å². The molecule has 3 rings (SSSR count). The summed E-state index contributed by atoms with van der Waals surface area (Å²) < 4.78 is 0. The predicted molar refractivity (Wildman–Crippen MR) is 140 cm³/mol. The second-order valence-corrected chi connectivity index (χ2v) is 9.80. The minimum Gasteiger partial charge on any atom is -0.347 e. The molecule has 0 saturated carbocycles. The Balaban J connectivity index is 1.52. The summed E-state index contributed by atoms with van der Waals surface area (Å²) in [5, 5.41) is 0. The second kappa shape index (κ2) is 13.2. The summed E-state index contributed by atoms with van der Waals surface area (Å²) >= 11 is 0. The number of imidazole rings is 2. The monoisotopic (exact) mass is 479 g/mol. The molecule has 1 amide bonds. The van der Waals surface area contributed by atoms with Gasteiger partial charge in [0.05, 0.1) is 13.1 Å². The first-order valence-electron chi connectivity index (χ1n) is 12.6. The lowest BCUT2D eigenvalue weighted by atomic mass is 10.1. The molecule has 8 heteroatoms. The highest BCUT2D eigenvalue weighted by Crippen LogP contribution is 2.14. The maximum absolute atomic E-state index is 13.3. The molecule has 0 bridgehead atoms. The van der Waals surface area contributed by atoms with Crippen LogP contribution in [0.3, 0.4) is 0 Å². The normalized spacial score (nSPS) is 11.8. The molecule has 8 nitrogen and oxygen atoms in total. The number of rotatable bonds is 14. The molecule has 1 aromatic carbocycles. The lowest BCUT2D eigenvalue weighted by molar-refractivity contribution is 0.0721. The highest BCUT2D eigenvalue weighted by Gasteiger charge is 2.19. The van der Waals surface area contributed by atoms with Crippen molar-refractivity contribution in [3.63, 3.8) is 0 Å². The van der Waals surface area contributed by atoms with Gasteiger partial charge < -0.3 is 19.8 Å². The number of benzene rings is 1. The second-order valence-electron chi connectivity index (χ2n) is 9.80. The molecular formula is C27H41N7O. The zero-order chi connectivity index (χ0) is 25.2. The maximum atomic E-state index is 13.3. The van der Waals surface area contributed by atoms with Crippen LogP contribution in [0, 0.1) is 0 Å². The molecule has 2 aromatic heterocycles. The molecule has 0 fully saturated rings. The van der Waals surface area contributed by atoms with Crippen LogP contribution in [-0.2, 0) is 19.6 Å². The molecule has 0 spiro atoms. The molecule has 3 aromatic rings. The van der Waals surface area contributed by atoms with E-state index in [1.807, 2.05) is 12.1 Å². The fourth-order valence-electron chi connectivity index (χ4n) is 4.44. The van der Waals surface area contributed by atoms with Gasteiger partial charge in [0.25, 0.3) is 5.91 Å². The van der Waals surface area contributed by atoms with Crippen LogP contribution in [0.25, 0.3) is 0 Å². The number of carbonyl (C=O) groups is 1. The van der Waals surface area contributed by atoms with Crippen molar-refractivity contribution in [1.82, 2.24) is 34.6 Å². The first-order chi connectivity index (χ1) is 16.8. The molecule has 0 unspecified atom stereocenters. The Bertz CT molecular complexity index is 937. The van der Waals surface area contributed by atoms with Gasteiger partial charge in [0, 0.05) is 49.0 Å². The first kappa shape index (κ1) is 26.6. The number of H-pyrrole nitrogens is 2. The molecule has 0 saturated heterocycles. The van der Waals surface area contributed by atoms with E-state index in [2.05, 4.69) is 76.6 Å². The number of aromatic nitrogens is 4. The van der Waals surface area contributed by atoms with Gasteiger partial charge in [-0.3, -0.25) is 9.69 Å². The van der Waals surface area contributed by atoms with Crippen LogP contribution in [-0.4, -0.2) is 72.8 Å². The summed E-state index contributed by atoms with van der Waals surface area (Å²) in [5.74, 6) is 1.44. The molecule has 35 heavy (non-hydrogen) atoms. The molecular weight excluding hydrogens is 438 g/mol. The van der Waals surface area contributed by atoms with Crippen LogP contribution in [0.4, 0.5) is 0 Å². The van der Waals surface area contributed by atoms with Crippen molar-refractivity contribution in [3.05, 3.63) is 71.8 Å². The lowest BCUT2D eigenvalue weighted by Crippen LogP contribution is -2.37. The van der Waals surface area contributed by atoms with Crippen molar-refractivity contribution < 1.29 is 4.79 Å². The van der Waals surface area contributed by atoms with E-state index in [9.17, 15) is 4.79 Å². The van der Waals surface area contributed by atoms with E-state index in [1.165, 1.54) is 18.4 Å². The summed E-state index contributed by atoms with van der Waals surface area (Å²) in [6, 6.07) is 9.13. The van der Waals surface area contributed by atoms with Gasteiger partial charge in [0.1, 0.15) is 11.6 Å². The van der Waals surface area contributed by atoms with Gasteiger partial charge in [-0.2, -0.15) is 0 Å². The van der Waals surface area contributed by atoms with Crippen LogP contribution < -0.4 is 0 Å². The number of hydrogen-bond donors (Lipinski definition) is 2. The molecule has 190 valence electrons. The van der Waals surface area contributed by atoms with Crippen molar-refractivity contribution in [2.75, 3.05) is 20.1 Å². The number of nitrogens with zero attached hydrogens (tertiary/aromatic N) is 5. The lowest BCUT2D eigenvalue weighted by Gasteiger charge is -2.30. The fraction of sp³-hybridized carbons (Fsp3) is 0.519. The Morgan fingerprint density at radius 3 is 1.86 bits per heavy atom. The summed E-state index contributed by atoms with van der Waals surface area (Å²) in [6.45, 7) is 12.9. The van der Waals surface area contributed by atoms with Gasteiger partial charge in [-0.15, -0.1) is 0 Å².